The van der Waals surface area contributed by atoms with Gasteiger partial charge < -0.3 is 11.1 Å². The maximum Gasteiger partial charge on any atom is 0.151 e. The number of nitrogens with zero attached hydrogens (tertiary/aromatic N) is 5. The third kappa shape index (κ3) is 3.27. The Kier molecular flexibility index (Phi) is 4.32. The van der Waals surface area contributed by atoms with Crippen molar-refractivity contribution in [2.24, 2.45) is 0 Å². The fraction of sp³-hybridized carbons (Fsp3) is 0.250. The van der Waals surface area contributed by atoms with Gasteiger partial charge in [0.2, 0.25) is 0 Å². The molecule has 5 rings (SSSR count). The van der Waals surface area contributed by atoms with Gasteiger partial charge in [0.25, 0.3) is 0 Å². The summed E-state index contributed by atoms with van der Waals surface area (Å²) in [7, 11) is 0. The average Bonchev–Trinajstić information content (AvgIpc) is 3.40. The fourth-order valence-electron chi connectivity index (χ4n) is 3.57. The van der Waals surface area contributed by atoms with E-state index >= 15 is 0 Å². The van der Waals surface area contributed by atoms with Gasteiger partial charge in [0.15, 0.2) is 5.01 Å². The van der Waals surface area contributed by atoms with Gasteiger partial charge in [0, 0.05) is 12.1 Å². The first-order valence-electron chi connectivity index (χ1n) is 9.34. The second-order valence-electron chi connectivity index (χ2n) is 6.95. The summed E-state index contributed by atoms with van der Waals surface area (Å²) in [4.78, 5) is 13.4. The zero-order valence-corrected chi connectivity index (χ0v) is 16.0. The summed E-state index contributed by atoms with van der Waals surface area (Å²) in [5.74, 6) is 1.74. The molecule has 0 bridgehead atoms. The van der Waals surface area contributed by atoms with Gasteiger partial charge in [-0.05, 0) is 37.1 Å². The van der Waals surface area contributed by atoms with Crippen LogP contribution >= 0.6 is 11.3 Å². The Morgan fingerprint density at radius 2 is 1.93 bits per heavy atom. The molecule has 0 atom stereocenters. The summed E-state index contributed by atoms with van der Waals surface area (Å²) in [5, 5.41) is 13.9. The minimum absolute atomic E-state index is 0.443. The smallest absolute Gasteiger partial charge is 0.151 e. The number of anilines is 3. The average molecular weight is 389 g/mol. The van der Waals surface area contributed by atoms with E-state index in [2.05, 4.69) is 30.5 Å². The maximum absolute atomic E-state index is 6.25. The molecular weight excluding hydrogens is 370 g/mol. The number of nitrogens with two attached hydrogens (primary N) is 1. The van der Waals surface area contributed by atoms with Gasteiger partial charge in [-0.3, -0.25) is 4.98 Å². The van der Waals surface area contributed by atoms with E-state index in [1.807, 2.05) is 30.3 Å². The molecule has 0 radical (unpaired) electrons. The Hall–Kier alpha value is -3.13. The molecule has 1 fully saturated rings. The monoisotopic (exact) mass is 389 g/mol. The van der Waals surface area contributed by atoms with Gasteiger partial charge in [-0.25, -0.2) is 9.97 Å². The van der Waals surface area contributed by atoms with E-state index < -0.39 is 0 Å². The highest BCUT2D eigenvalue weighted by Crippen LogP contribution is 2.38. The van der Waals surface area contributed by atoms with Crippen molar-refractivity contribution in [3.05, 3.63) is 47.7 Å². The van der Waals surface area contributed by atoms with Gasteiger partial charge in [0.05, 0.1) is 28.5 Å². The molecule has 1 aliphatic carbocycles. The minimum atomic E-state index is 0.443. The molecule has 1 aliphatic rings. The molecule has 8 heteroatoms. The van der Waals surface area contributed by atoms with Gasteiger partial charge in [0.1, 0.15) is 16.6 Å². The lowest BCUT2D eigenvalue weighted by atomic mass is 10.1. The molecule has 0 aromatic carbocycles. The van der Waals surface area contributed by atoms with E-state index in [1.165, 1.54) is 25.7 Å². The van der Waals surface area contributed by atoms with Gasteiger partial charge in [-0.15, -0.1) is 10.2 Å². The van der Waals surface area contributed by atoms with Crippen molar-refractivity contribution >= 4 is 39.7 Å². The number of aromatic nitrogens is 5. The van der Waals surface area contributed by atoms with Gasteiger partial charge >= 0.3 is 0 Å². The molecule has 0 spiro atoms. The molecule has 1 saturated carbocycles. The lowest BCUT2D eigenvalue weighted by Gasteiger charge is -2.08. The number of hydrogen-bond acceptors (Lipinski definition) is 8. The molecule has 140 valence electrons. The van der Waals surface area contributed by atoms with Crippen LogP contribution in [0.4, 0.5) is 17.3 Å². The number of pyridine rings is 3. The fourth-order valence-corrected chi connectivity index (χ4v) is 4.61. The van der Waals surface area contributed by atoms with Crippen LogP contribution in [0.15, 0.2) is 42.7 Å². The molecular formula is C20H19N7S. The number of nitrogen functional groups attached to an aromatic ring is 1. The van der Waals surface area contributed by atoms with Crippen LogP contribution in [-0.2, 0) is 0 Å². The lowest BCUT2D eigenvalue weighted by molar-refractivity contribution is 0.705. The molecule has 3 N–H and O–H groups in total. The van der Waals surface area contributed by atoms with E-state index in [0.717, 1.165) is 38.1 Å². The molecule has 0 aliphatic heterocycles. The quantitative estimate of drug-likeness (QED) is 0.529. The van der Waals surface area contributed by atoms with Crippen molar-refractivity contribution in [3.8, 4) is 10.6 Å². The normalized spacial score (nSPS) is 14.6. The lowest BCUT2D eigenvalue weighted by Crippen LogP contribution is -1.98. The highest BCUT2D eigenvalue weighted by atomic mass is 32.1. The SMILES string of the molecule is Nc1nc2cc(Nc3ccccn3)cnc2cc1-c1nnc(C2CCCC2)s1. The van der Waals surface area contributed by atoms with Crippen LogP contribution in [0.3, 0.4) is 0 Å². The summed E-state index contributed by atoms with van der Waals surface area (Å²) in [6.07, 6.45) is 8.46. The molecule has 7 nitrogen and oxygen atoms in total. The van der Waals surface area contributed by atoms with Crippen LogP contribution in [0.1, 0.15) is 36.6 Å². The first-order valence-corrected chi connectivity index (χ1v) is 10.2. The summed E-state index contributed by atoms with van der Waals surface area (Å²) < 4.78 is 0. The Bertz CT molecular complexity index is 1120. The van der Waals surface area contributed by atoms with Gasteiger partial charge in [-0.2, -0.15) is 0 Å². The van der Waals surface area contributed by atoms with Crippen molar-refractivity contribution in [2.45, 2.75) is 31.6 Å². The predicted molar refractivity (Wildman–Crippen MR) is 112 cm³/mol. The third-order valence-corrected chi connectivity index (χ3v) is 6.13. The highest BCUT2D eigenvalue weighted by molar-refractivity contribution is 7.14. The van der Waals surface area contributed by atoms with E-state index in [9.17, 15) is 0 Å². The Labute approximate surface area is 166 Å². The van der Waals surface area contributed by atoms with Crippen molar-refractivity contribution in [2.75, 3.05) is 11.1 Å². The third-order valence-electron chi connectivity index (χ3n) is 5.01. The predicted octanol–water partition coefficient (Wildman–Crippen LogP) is 4.53. The van der Waals surface area contributed by atoms with Crippen LogP contribution in [0.5, 0.6) is 0 Å². The van der Waals surface area contributed by atoms with Crippen LogP contribution in [0.25, 0.3) is 21.6 Å². The van der Waals surface area contributed by atoms with E-state index in [4.69, 9.17) is 5.73 Å². The molecule has 0 unspecified atom stereocenters. The molecule has 0 amide bonds. The van der Waals surface area contributed by atoms with E-state index in [-0.39, 0.29) is 0 Å². The van der Waals surface area contributed by atoms with Crippen molar-refractivity contribution in [1.82, 2.24) is 25.1 Å². The Morgan fingerprint density at radius 1 is 1.04 bits per heavy atom. The standard InChI is InChI=1S/C20H19N7S/c21-18-14(20-27-26-19(28-20)12-5-1-2-6-12)10-15-16(25-18)9-13(11-23-15)24-17-7-3-4-8-22-17/h3-4,7-12H,1-2,5-6H2,(H2,21,25)(H,22,24). The first-order chi connectivity index (χ1) is 13.8. The summed E-state index contributed by atoms with van der Waals surface area (Å²) >= 11 is 1.62. The number of hydrogen-bond donors (Lipinski definition) is 2. The topological polar surface area (TPSA) is 102 Å². The van der Waals surface area contributed by atoms with Crippen molar-refractivity contribution in [1.29, 1.82) is 0 Å². The van der Waals surface area contributed by atoms with E-state index in [1.54, 1.807) is 23.7 Å². The summed E-state index contributed by atoms with van der Waals surface area (Å²) in [6.45, 7) is 0. The van der Waals surface area contributed by atoms with Crippen LogP contribution < -0.4 is 11.1 Å². The number of nitrogens with one attached hydrogen (secondary N) is 1. The molecule has 28 heavy (non-hydrogen) atoms. The molecule has 0 saturated heterocycles. The summed E-state index contributed by atoms with van der Waals surface area (Å²) in [6, 6.07) is 9.56. The second-order valence-corrected chi connectivity index (χ2v) is 7.96. The number of fused-ring (bicyclic) bond motifs is 1. The van der Waals surface area contributed by atoms with Crippen molar-refractivity contribution in [3.63, 3.8) is 0 Å². The zero-order chi connectivity index (χ0) is 18.9. The van der Waals surface area contributed by atoms with Crippen LogP contribution in [0.2, 0.25) is 0 Å². The van der Waals surface area contributed by atoms with Crippen LogP contribution in [0, 0.1) is 0 Å². The van der Waals surface area contributed by atoms with Gasteiger partial charge in [-0.1, -0.05) is 30.2 Å². The first kappa shape index (κ1) is 17.0. The van der Waals surface area contributed by atoms with Crippen LogP contribution in [-0.4, -0.2) is 25.1 Å². The second kappa shape index (κ2) is 7.12. The minimum Gasteiger partial charge on any atom is -0.383 e. The Balaban J connectivity index is 1.46. The molecule has 4 aromatic rings. The molecule has 4 heterocycles. The largest absolute Gasteiger partial charge is 0.383 e. The van der Waals surface area contributed by atoms with E-state index in [0.29, 0.717) is 11.7 Å². The summed E-state index contributed by atoms with van der Waals surface area (Å²) in [5.41, 5.74) is 9.36. The molecule has 4 aromatic heterocycles. The van der Waals surface area contributed by atoms with Crippen molar-refractivity contribution < 1.29 is 0 Å². The highest BCUT2D eigenvalue weighted by Gasteiger charge is 2.22. The Morgan fingerprint density at radius 3 is 2.75 bits per heavy atom. The maximum atomic E-state index is 6.25. The zero-order valence-electron chi connectivity index (χ0n) is 15.2. The number of rotatable bonds is 4.